The Morgan fingerprint density at radius 3 is 2.77 bits per heavy atom. The Kier molecular flexibility index (Phi) is 4.11. The number of para-hydroxylation sites is 1. The number of nitro benzene ring substituents is 1. The van der Waals surface area contributed by atoms with Gasteiger partial charge in [-0.25, -0.2) is 0 Å². The third-order valence-corrected chi connectivity index (χ3v) is 5.17. The maximum Gasteiger partial charge on any atom is 0.273 e. The molecule has 4 atom stereocenters. The molecule has 6 heteroatoms. The number of aliphatic hydroxyl groups excluding tert-OH is 1. The number of fused-ring (bicyclic) bond motifs is 2. The van der Waals surface area contributed by atoms with Crippen LogP contribution in [0.3, 0.4) is 0 Å². The molecule has 2 aliphatic carbocycles. The average molecular weight is 304 g/mol. The van der Waals surface area contributed by atoms with E-state index in [0.29, 0.717) is 17.4 Å². The topological polar surface area (TPSA) is 92.5 Å². The van der Waals surface area contributed by atoms with Crippen molar-refractivity contribution in [1.29, 1.82) is 0 Å². The van der Waals surface area contributed by atoms with E-state index in [0.717, 1.165) is 19.3 Å². The van der Waals surface area contributed by atoms with Gasteiger partial charge in [-0.2, -0.15) is 0 Å². The number of nitrogens with one attached hydrogen (secondary N) is 1. The van der Waals surface area contributed by atoms with Crippen molar-refractivity contribution in [2.24, 2.45) is 17.8 Å². The first-order valence-corrected chi connectivity index (χ1v) is 7.72. The lowest BCUT2D eigenvalue weighted by molar-refractivity contribution is -0.385. The number of aliphatic hydroxyl groups is 1. The van der Waals surface area contributed by atoms with Crippen molar-refractivity contribution in [1.82, 2.24) is 5.32 Å². The zero-order chi connectivity index (χ0) is 15.7. The molecule has 1 aromatic rings. The van der Waals surface area contributed by atoms with E-state index in [4.69, 9.17) is 0 Å². The summed E-state index contributed by atoms with van der Waals surface area (Å²) in [5, 5.41) is 23.5. The molecule has 2 saturated carbocycles. The number of benzene rings is 1. The fraction of sp³-hybridized carbons (Fsp3) is 0.562. The molecule has 22 heavy (non-hydrogen) atoms. The van der Waals surface area contributed by atoms with E-state index < -0.39 is 4.92 Å². The van der Waals surface area contributed by atoms with Gasteiger partial charge in [0.05, 0.1) is 11.3 Å². The molecule has 2 N–H and O–H groups in total. The van der Waals surface area contributed by atoms with Crippen molar-refractivity contribution in [3.05, 3.63) is 39.9 Å². The second kappa shape index (κ2) is 6.04. The highest BCUT2D eigenvalue weighted by atomic mass is 16.6. The van der Waals surface area contributed by atoms with E-state index in [-0.39, 0.29) is 36.6 Å². The summed E-state index contributed by atoms with van der Waals surface area (Å²) in [5.74, 6) is 0.877. The van der Waals surface area contributed by atoms with Gasteiger partial charge in [0.25, 0.3) is 5.69 Å². The highest BCUT2D eigenvalue weighted by molar-refractivity contribution is 5.80. The third-order valence-electron chi connectivity index (χ3n) is 5.17. The van der Waals surface area contributed by atoms with Crippen molar-refractivity contribution < 1.29 is 14.8 Å². The first kappa shape index (κ1) is 15.0. The fourth-order valence-electron chi connectivity index (χ4n) is 4.15. The normalized spacial score (nSPS) is 29.5. The van der Waals surface area contributed by atoms with Crippen LogP contribution in [0.15, 0.2) is 24.3 Å². The van der Waals surface area contributed by atoms with Gasteiger partial charge in [-0.05, 0) is 31.1 Å². The number of carbonyl (C=O) groups excluding carboxylic acids is 1. The van der Waals surface area contributed by atoms with Crippen LogP contribution in [0, 0.1) is 27.9 Å². The van der Waals surface area contributed by atoms with Crippen LogP contribution >= 0.6 is 0 Å². The van der Waals surface area contributed by atoms with Crippen molar-refractivity contribution in [3.63, 3.8) is 0 Å². The van der Waals surface area contributed by atoms with Crippen LogP contribution in [0.4, 0.5) is 5.69 Å². The predicted octanol–water partition coefficient (Wildman–Crippen LogP) is 1.66. The Hall–Kier alpha value is -1.95. The highest BCUT2D eigenvalue weighted by Gasteiger charge is 2.47. The monoisotopic (exact) mass is 304 g/mol. The Labute approximate surface area is 128 Å². The maximum atomic E-state index is 12.3. The van der Waals surface area contributed by atoms with Gasteiger partial charge in [-0.15, -0.1) is 0 Å². The quantitative estimate of drug-likeness (QED) is 0.639. The lowest BCUT2D eigenvalue weighted by Crippen LogP contribution is -2.45. The number of amides is 1. The molecule has 0 spiro atoms. The van der Waals surface area contributed by atoms with Crippen molar-refractivity contribution in [3.8, 4) is 0 Å². The largest absolute Gasteiger partial charge is 0.396 e. The molecular formula is C16H20N2O4. The second-order valence-electron chi connectivity index (χ2n) is 6.34. The number of hydrogen-bond donors (Lipinski definition) is 2. The first-order chi connectivity index (χ1) is 10.6. The summed E-state index contributed by atoms with van der Waals surface area (Å²) in [6.07, 6.45) is 3.30. The van der Waals surface area contributed by atoms with Crippen molar-refractivity contribution in [2.75, 3.05) is 6.61 Å². The van der Waals surface area contributed by atoms with E-state index in [1.54, 1.807) is 18.2 Å². The van der Waals surface area contributed by atoms with Crippen LogP contribution in [0.2, 0.25) is 0 Å². The first-order valence-electron chi connectivity index (χ1n) is 7.72. The van der Waals surface area contributed by atoms with Crippen molar-refractivity contribution >= 4 is 11.6 Å². The van der Waals surface area contributed by atoms with Crippen LogP contribution in [-0.4, -0.2) is 28.6 Å². The summed E-state index contributed by atoms with van der Waals surface area (Å²) in [7, 11) is 0. The van der Waals surface area contributed by atoms with E-state index >= 15 is 0 Å². The Morgan fingerprint density at radius 1 is 1.32 bits per heavy atom. The summed E-state index contributed by atoms with van der Waals surface area (Å²) < 4.78 is 0. The molecule has 4 unspecified atom stereocenters. The molecule has 0 saturated heterocycles. The smallest absolute Gasteiger partial charge is 0.273 e. The molecule has 1 amide bonds. The van der Waals surface area contributed by atoms with Gasteiger partial charge < -0.3 is 10.4 Å². The molecule has 3 rings (SSSR count). The summed E-state index contributed by atoms with van der Waals surface area (Å²) in [6.45, 7) is 0.0948. The van der Waals surface area contributed by atoms with Gasteiger partial charge in [-0.1, -0.05) is 18.2 Å². The van der Waals surface area contributed by atoms with Gasteiger partial charge in [0.15, 0.2) is 0 Å². The number of hydrogen-bond acceptors (Lipinski definition) is 4. The molecule has 0 heterocycles. The molecule has 6 nitrogen and oxygen atoms in total. The molecular weight excluding hydrogens is 284 g/mol. The number of nitro groups is 1. The Morgan fingerprint density at radius 2 is 2.05 bits per heavy atom. The summed E-state index contributed by atoms with van der Waals surface area (Å²) in [5.41, 5.74) is 0.401. The third kappa shape index (κ3) is 2.70. The average Bonchev–Trinajstić information content (AvgIpc) is 3.08. The number of nitrogens with zero attached hydrogens (tertiary/aromatic N) is 1. The summed E-state index contributed by atoms with van der Waals surface area (Å²) in [4.78, 5) is 22.8. The molecule has 118 valence electrons. The zero-order valence-electron chi connectivity index (χ0n) is 12.3. The van der Waals surface area contributed by atoms with Crippen LogP contribution in [0.5, 0.6) is 0 Å². The molecule has 2 fully saturated rings. The SMILES string of the molecule is O=C(Cc1ccccc1[N+](=O)[O-])NC1C2CCC(C2)C1CO. The van der Waals surface area contributed by atoms with Crippen LogP contribution in [-0.2, 0) is 11.2 Å². The molecule has 1 aromatic carbocycles. The molecule has 0 aliphatic heterocycles. The minimum absolute atomic E-state index is 0.00316. The van der Waals surface area contributed by atoms with Crippen LogP contribution in [0.25, 0.3) is 0 Å². The number of rotatable bonds is 5. The van der Waals surface area contributed by atoms with Gasteiger partial charge in [-0.3, -0.25) is 14.9 Å². The maximum absolute atomic E-state index is 12.3. The predicted molar refractivity (Wildman–Crippen MR) is 80.1 cm³/mol. The Bertz CT molecular complexity index is 589. The zero-order valence-corrected chi connectivity index (χ0v) is 12.3. The standard InChI is InChI=1S/C16H20N2O4/c19-9-13-10-5-6-12(7-10)16(13)17-15(20)8-11-3-1-2-4-14(11)18(21)22/h1-4,10,12-13,16,19H,5-9H2,(H,17,20). The second-order valence-corrected chi connectivity index (χ2v) is 6.34. The fourth-order valence-corrected chi connectivity index (χ4v) is 4.15. The molecule has 2 aliphatic rings. The van der Waals surface area contributed by atoms with Crippen LogP contribution in [0.1, 0.15) is 24.8 Å². The van der Waals surface area contributed by atoms with E-state index in [1.807, 2.05) is 0 Å². The number of carbonyl (C=O) groups is 1. The minimum atomic E-state index is -0.462. The van der Waals surface area contributed by atoms with E-state index in [1.165, 1.54) is 6.07 Å². The summed E-state index contributed by atoms with van der Waals surface area (Å²) in [6, 6.07) is 6.33. The molecule has 0 radical (unpaired) electrons. The highest BCUT2D eigenvalue weighted by Crippen LogP contribution is 2.48. The molecule has 0 aromatic heterocycles. The lowest BCUT2D eigenvalue weighted by atomic mass is 9.85. The minimum Gasteiger partial charge on any atom is -0.396 e. The van der Waals surface area contributed by atoms with Gasteiger partial charge in [0, 0.05) is 30.2 Å². The lowest BCUT2D eigenvalue weighted by Gasteiger charge is -2.30. The van der Waals surface area contributed by atoms with Gasteiger partial charge in [0.2, 0.25) is 5.91 Å². The van der Waals surface area contributed by atoms with E-state index in [9.17, 15) is 20.0 Å². The van der Waals surface area contributed by atoms with Crippen molar-refractivity contribution in [2.45, 2.75) is 31.7 Å². The van der Waals surface area contributed by atoms with Gasteiger partial charge >= 0.3 is 0 Å². The van der Waals surface area contributed by atoms with Gasteiger partial charge in [0.1, 0.15) is 0 Å². The van der Waals surface area contributed by atoms with E-state index in [2.05, 4.69) is 5.32 Å². The molecule has 2 bridgehead atoms. The Balaban J connectivity index is 1.67. The summed E-state index contributed by atoms with van der Waals surface area (Å²) >= 11 is 0. The van der Waals surface area contributed by atoms with Crippen LogP contribution < -0.4 is 5.32 Å².